The molecule has 1 unspecified atom stereocenters. The summed E-state index contributed by atoms with van der Waals surface area (Å²) >= 11 is 0. The van der Waals surface area contributed by atoms with E-state index in [1.807, 2.05) is 6.07 Å². The maximum Gasteiger partial charge on any atom is 0.257 e. The summed E-state index contributed by atoms with van der Waals surface area (Å²) in [6.07, 6.45) is 4.69. The quantitative estimate of drug-likeness (QED) is 0.668. The van der Waals surface area contributed by atoms with Crippen LogP contribution in [-0.2, 0) is 0 Å². The van der Waals surface area contributed by atoms with Crippen molar-refractivity contribution in [3.05, 3.63) is 18.5 Å². The van der Waals surface area contributed by atoms with Crippen LogP contribution in [-0.4, -0.2) is 49.0 Å². The van der Waals surface area contributed by atoms with E-state index in [9.17, 15) is 5.11 Å². The SMILES string of the molecule is CCCNc1nc(NCCC(C)O)nc(-n2cccn2)n1. The van der Waals surface area contributed by atoms with Gasteiger partial charge in [0.15, 0.2) is 0 Å². The van der Waals surface area contributed by atoms with Crippen molar-refractivity contribution in [3.63, 3.8) is 0 Å². The second kappa shape index (κ2) is 7.53. The fraction of sp³-hybridized carbons (Fsp3) is 0.538. The van der Waals surface area contributed by atoms with Gasteiger partial charge in [0, 0.05) is 25.5 Å². The van der Waals surface area contributed by atoms with Gasteiger partial charge in [0.05, 0.1) is 6.10 Å². The molecule has 0 amide bonds. The predicted molar refractivity (Wildman–Crippen MR) is 80.5 cm³/mol. The van der Waals surface area contributed by atoms with Crippen LogP contribution in [0.25, 0.3) is 5.95 Å². The van der Waals surface area contributed by atoms with E-state index in [0.29, 0.717) is 30.8 Å². The maximum atomic E-state index is 9.29. The van der Waals surface area contributed by atoms with Crippen molar-refractivity contribution in [1.29, 1.82) is 0 Å². The van der Waals surface area contributed by atoms with Crippen molar-refractivity contribution in [2.75, 3.05) is 23.7 Å². The number of nitrogens with zero attached hydrogens (tertiary/aromatic N) is 5. The first-order valence-corrected chi connectivity index (χ1v) is 7.11. The van der Waals surface area contributed by atoms with Crippen LogP contribution in [0.1, 0.15) is 26.7 Å². The van der Waals surface area contributed by atoms with E-state index in [1.54, 1.807) is 24.0 Å². The van der Waals surface area contributed by atoms with Crippen molar-refractivity contribution >= 4 is 11.9 Å². The molecular formula is C13H21N7O. The first kappa shape index (κ1) is 15.2. The second-order valence-corrected chi connectivity index (χ2v) is 4.72. The number of rotatable bonds is 8. The molecule has 8 heteroatoms. The smallest absolute Gasteiger partial charge is 0.257 e. The standard InChI is InChI=1S/C13H21N7O/c1-3-6-14-11-17-12(15-8-5-10(2)21)19-13(18-11)20-9-4-7-16-20/h4,7,9-10,21H,3,5-6,8H2,1-2H3,(H2,14,15,17,18,19). The summed E-state index contributed by atoms with van der Waals surface area (Å²) in [5, 5.41) is 19.6. The van der Waals surface area contributed by atoms with E-state index in [1.165, 1.54) is 0 Å². The molecule has 2 rings (SSSR count). The van der Waals surface area contributed by atoms with Gasteiger partial charge in [-0.2, -0.15) is 20.1 Å². The fourth-order valence-corrected chi connectivity index (χ4v) is 1.64. The molecule has 0 saturated heterocycles. The molecule has 2 aromatic heterocycles. The molecule has 0 aliphatic heterocycles. The first-order valence-electron chi connectivity index (χ1n) is 7.11. The lowest BCUT2D eigenvalue weighted by Crippen LogP contribution is -2.15. The van der Waals surface area contributed by atoms with Gasteiger partial charge in [-0.1, -0.05) is 6.92 Å². The highest BCUT2D eigenvalue weighted by atomic mass is 16.3. The summed E-state index contributed by atoms with van der Waals surface area (Å²) in [7, 11) is 0. The third-order valence-electron chi connectivity index (χ3n) is 2.71. The number of hydrogen-bond acceptors (Lipinski definition) is 7. The van der Waals surface area contributed by atoms with Crippen molar-refractivity contribution in [1.82, 2.24) is 24.7 Å². The summed E-state index contributed by atoms with van der Waals surface area (Å²) in [6, 6.07) is 1.81. The Kier molecular flexibility index (Phi) is 5.44. The number of aromatic nitrogens is 5. The van der Waals surface area contributed by atoms with Crippen LogP contribution in [0.15, 0.2) is 18.5 Å². The van der Waals surface area contributed by atoms with Gasteiger partial charge < -0.3 is 15.7 Å². The second-order valence-electron chi connectivity index (χ2n) is 4.72. The minimum absolute atomic E-state index is 0.359. The molecule has 1 atom stereocenters. The Bertz CT molecular complexity index is 541. The highest BCUT2D eigenvalue weighted by Crippen LogP contribution is 2.09. The lowest BCUT2D eigenvalue weighted by atomic mass is 10.3. The van der Waals surface area contributed by atoms with Crippen LogP contribution in [0.2, 0.25) is 0 Å². The predicted octanol–water partition coefficient (Wildman–Crippen LogP) is 1.06. The Hall–Kier alpha value is -2.22. The van der Waals surface area contributed by atoms with Crippen molar-refractivity contribution < 1.29 is 5.11 Å². The molecular weight excluding hydrogens is 270 g/mol. The minimum atomic E-state index is -0.359. The number of nitrogens with one attached hydrogen (secondary N) is 2. The Labute approximate surface area is 123 Å². The van der Waals surface area contributed by atoms with Gasteiger partial charge in [0.2, 0.25) is 11.9 Å². The Balaban J connectivity index is 2.16. The van der Waals surface area contributed by atoms with Crippen molar-refractivity contribution in [3.8, 4) is 5.95 Å². The van der Waals surface area contributed by atoms with Gasteiger partial charge in [0.25, 0.3) is 5.95 Å². The summed E-state index contributed by atoms with van der Waals surface area (Å²) in [5.74, 6) is 1.43. The Morgan fingerprint density at radius 2 is 1.90 bits per heavy atom. The molecule has 114 valence electrons. The van der Waals surface area contributed by atoms with E-state index >= 15 is 0 Å². The van der Waals surface area contributed by atoms with E-state index in [-0.39, 0.29) is 6.10 Å². The van der Waals surface area contributed by atoms with Gasteiger partial charge in [-0.15, -0.1) is 0 Å². The fourth-order valence-electron chi connectivity index (χ4n) is 1.64. The molecule has 0 fully saturated rings. The molecule has 0 aliphatic rings. The molecule has 0 bridgehead atoms. The van der Waals surface area contributed by atoms with E-state index in [0.717, 1.165) is 13.0 Å². The van der Waals surface area contributed by atoms with Gasteiger partial charge in [0.1, 0.15) is 0 Å². The highest BCUT2D eigenvalue weighted by Gasteiger charge is 2.08. The van der Waals surface area contributed by atoms with Crippen molar-refractivity contribution in [2.45, 2.75) is 32.8 Å². The highest BCUT2D eigenvalue weighted by molar-refractivity contribution is 5.37. The molecule has 0 saturated carbocycles. The third-order valence-corrected chi connectivity index (χ3v) is 2.71. The summed E-state index contributed by atoms with van der Waals surface area (Å²) in [5.41, 5.74) is 0. The van der Waals surface area contributed by atoms with E-state index in [2.05, 4.69) is 37.6 Å². The van der Waals surface area contributed by atoms with Gasteiger partial charge in [-0.25, -0.2) is 4.68 Å². The van der Waals surface area contributed by atoms with Crippen molar-refractivity contribution in [2.24, 2.45) is 0 Å². The maximum absolute atomic E-state index is 9.29. The van der Waals surface area contributed by atoms with Crippen LogP contribution in [0.4, 0.5) is 11.9 Å². The molecule has 2 aromatic rings. The lowest BCUT2D eigenvalue weighted by Gasteiger charge is -2.10. The van der Waals surface area contributed by atoms with Gasteiger partial charge in [-0.3, -0.25) is 0 Å². The average molecular weight is 291 g/mol. The van der Waals surface area contributed by atoms with Crippen LogP contribution >= 0.6 is 0 Å². The number of aliphatic hydroxyl groups is 1. The number of aliphatic hydroxyl groups excluding tert-OH is 1. The molecule has 8 nitrogen and oxygen atoms in total. The zero-order valence-electron chi connectivity index (χ0n) is 12.3. The summed E-state index contributed by atoms with van der Waals surface area (Å²) in [6.45, 7) is 5.20. The third kappa shape index (κ3) is 4.67. The molecule has 0 spiro atoms. The largest absolute Gasteiger partial charge is 0.393 e. The van der Waals surface area contributed by atoms with Crippen LogP contribution < -0.4 is 10.6 Å². The first-order chi connectivity index (χ1) is 10.2. The van der Waals surface area contributed by atoms with E-state index in [4.69, 9.17) is 0 Å². The van der Waals surface area contributed by atoms with Gasteiger partial charge in [-0.05, 0) is 25.8 Å². The van der Waals surface area contributed by atoms with Crippen LogP contribution in [0, 0.1) is 0 Å². The van der Waals surface area contributed by atoms with E-state index < -0.39 is 0 Å². The monoisotopic (exact) mass is 291 g/mol. The molecule has 21 heavy (non-hydrogen) atoms. The summed E-state index contributed by atoms with van der Waals surface area (Å²) in [4.78, 5) is 13.0. The molecule has 0 aromatic carbocycles. The Morgan fingerprint density at radius 3 is 2.48 bits per heavy atom. The zero-order valence-corrected chi connectivity index (χ0v) is 12.3. The van der Waals surface area contributed by atoms with Crippen LogP contribution in [0.3, 0.4) is 0 Å². The molecule has 2 heterocycles. The van der Waals surface area contributed by atoms with Crippen LogP contribution in [0.5, 0.6) is 0 Å². The molecule has 3 N–H and O–H groups in total. The van der Waals surface area contributed by atoms with Gasteiger partial charge >= 0.3 is 0 Å². The minimum Gasteiger partial charge on any atom is -0.393 e. The normalized spacial score (nSPS) is 12.1. The topological polar surface area (TPSA) is 101 Å². The zero-order chi connectivity index (χ0) is 15.1. The average Bonchev–Trinajstić information content (AvgIpc) is 2.99. The molecule has 0 aliphatic carbocycles. The summed E-state index contributed by atoms with van der Waals surface area (Å²) < 4.78 is 1.58. The number of anilines is 2. The number of hydrogen-bond donors (Lipinski definition) is 3. The molecule has 0 radical (unpaired) electrons. The Morgan fingerprint density at radius 1 is 1.19 bits per heavy atom. The lowest BCUT2D eigenvalue weighted by molar-refractivity contribution is 0.188.